The summed E-state index contributed by atoms with van der Waals surface area (Å²) in [5.41, 5.74) is 4.50. The number of β-amino-alcohol motifs (C(OH)–C–C–N with tert-alkyl or cyclic N) is 1. The molecule has 1 aromatic carbocycles. The summed E-state index contributed by atoms with van der Waals surface area (Å²) in [5, 5.41) is 9.77. The molecular formula is C20H21N3O2. The molecule has 0 unspecified atom stereocenters. The first-order valence-corrected chi connectivity index (χ1v) is 9.00. The molecule has 5 rings (SSSR count). The molecule has 5 heteroatoms. The second-order valence-electron chi connectivity index (χ2n) is 7.09. The van der Waals surface area contributed by atoms with Crippen molar-refractivity contribution in [2.24, 2.45) is 4.99 Å². The molecule has 2 aliphatic heterocycles. The number of aromatic nitrogens is 1. The number of fused-ring (bicyclic) bond motifs is 1. The number of aliphatic imine (C=N–C) groups is 1. The molecule has 3 aliphatic rings. The Morgan fingerprint density at radius 1 is 1.12 bits per heavy atom. The van der Waals surface area contributed by atoms with Crippen LogP contribution in [0.1, 0.15) is 36.0 Å². The average molecular weight is 335 g/mol. The molecule has 0 spiro atoms. The van der Waals surface area contributed by atoms with Gasteiger partial charge in [-0.05, 0) is 49.1 Å². The van der Waals surface area contributed by atoms with Crippen LogP contribution in [0.2, 0.25) is 0 Å². The van der Waals surface area contributed by atoms with Gasteiger partial charge >= 0.3 is 0 Å². The van der Waals surface area contributed by atoms with Crippen LogP contribution in [0.5, 0.6) is 5.75 Å². The lowest BCUT2D eigenvalue weighted by Crippen LogP contribution is -2.22. The quantitative estimate of drug-likeness (QED) is 0.933. The first-order valence-electron chi connectivity index (χ1n) is 9.00. The highest BCUT2D eigenvalue weighted by Gasteiger charge is 2.26. The van der Waals surface area contributed by atoms with Gasteiger partial charge in [-0.2, -0.15) is 0 Å². The molecule has 1 N–H and O–H groups in total. The Labute approximate surface area is 147 Å². The van der Waals surface area contributed by atoms with E-state index in [1.54, 1.807) is 0 Å². The van der Waals surface area contributed by atoms with Crippen molar-refractivity contribution in [1.82, 2.24) is 4.98 Å². The van der Waals surface area contributed by atoms with Gasteiger partial charge in [0.2, 0.25) is 0 Å². The third-order valence-electron chi connectivity index (χ3n) is 5.08. The van der Waals surface area contributed by atoms with Gasteiger partial charge in [-0.3, -0.25) is 4.99 Å². The van der Waals surface area contributed by atoms with E-state index < -0.39 is 0 Å². The number of aliphatic hydroxyl groups excluding tert-OH is 1. The number of ether oxygens (including phenoxy) is 1. The second kappa shape index (κ2) is 5.85. The van der Waals surface area contributed by atoms with E-state index in [2.05, 4.69) is 34.1 Å². The first-order chi connectivity index (χ1) is 12.3. The smallest absolute Gasteiger partial charge is 0.129 e. The standard InChI is InChI=1S/C20H21N3O2/c24-15-6-8-23(12-15)19-9-13(5-7-21-19)20-18-10-17(25-16-3-4-16)2-1-14(18)11-22-20/h1-2,5,7,9-10,15-16,24H,3-4,6,8,11-12H2/t15-/m0/s1. The molecule has 2 aromatic rings. The molecule has 2 fully saturated rings. The van der Waals surface area contributed by atoms with Crippen molar-refractivity contribution in [3.63, 3.8) is 0 Å². The molecule has 1 saturated heterocycles. The van der Waals surface area contributed by atoms with Crippen LogP contribution in [0, 0.1) is 0 Å². The molecule has 1 aliphatic carbocycles. The SMILES string of the molecule is O[C@H]1CCN(c2cc(C3=NCc4ccc(OC5CC5)cc43)ccn2)C1. The Balaban J connectivity index is 1.45. The highest BCUT2D eigenvalue weighted by atomic mass is 16.5. The van der Waals surface area contributed by atoms with Gasteiger partial charge in [-0.25, -0.2) is 4.98 Å². The highest BCUT2D eigenvalue weighted by molar-refractivity contribution is 6.15. The molecule has 25 heavy (non-hydrogen) atoms. The fourth-order valence-electron chi connectivity index (χ4n) is 3.55. The number of rotatable bonds is 4. The van der Waals surface area contributed by atoms with E-state index in [4.69, 9.17) is 9.73 Å². The van der Waals surface area contributed by atoms with E-state index in [1.165, 1.54) is 5.56 Å². The molecule has 3 heterocycles. The third kappa shape index (κ3) is 2.89. The van der Waals surface area contributed by atoms with Crippen molar-refractivity contribution in [2.45, 2.75) is 38.0 Å². The number of aliphatic hydroxyl groups is 1. The molecule has 0 amide bonds. The van der Waals surface area contributed by atoms with Crippen LogP contribution < -0.4 is 9.64 Å². The normalized spacial score (nSPS) is 22.0. The minimum absolute atomic E-state index is 0.253. The van der Waals surface area contributed by atoms with Crippen LogP contribution in [0.25, 0.3) is 0 Å². The van der Waals surface area contributed by atoms with Gasteiger partial charge in [0.1, 0.15) is 11.6 Å². The predicted octanol–water partition coefficient (Wildman–Crippen LogP) is 2.54. The molecule has 1 aromatic heterocycles. The third-order valence-corrected chi connectivity index (χ3v) is 5.08. The van der Waals surface area contributed by atoms with Gasteiger partial charge in [-0.1, -0.05) is 6.07 Å². The Hall–Kier alpha value is -2.40. The lowest BCUT2D eigenvalue weighted by Gasteiger charge is -2.17. The van der Waals surface area contributed by atoms with Crippen LogP contribution in [-0.2, 0) is 6.54 Å². The van der Waals surface area contributed by atoms with E-state index in [9.17, 15) is 5.11 Å². The van der Waals surface area contributed by atoms with Crippen LogP contribution in [-0.4, -0.2) is 41.1 Å². The maximum Gasteiger partial charge on any atom is 0.129 e. The minimum atomic E-state index is -0.253. The summed E-state index contributed by atoms with van der Waals surface area (Å²) in [4.78, 5) is 11.4. The number of anilines is 1. The van der Waals surface area contributed by atoms with Crippen LogP contribution in [0.15, 0.2) is 41.5 Å². The Kier molecular flexibility index (Phi) is 3.48. The Morgan fingerprint density at radius 3 is 2.84 bits per heavy atom. The number of benzene rings is 1. The number of pyridine rings is 1. The number of hydrogen-bond donors (Lipinski definition) is 1. The zero-order chi connectivity index (χ0) is 16.8. The summed E-state index contributed by atoms with van der Waals surface area (Å²) >= 11 is 0. The van der Waals surface area contributed by atoms with Gasteiger partial charge in [0, 0.05) is 30.4 Å². The van der Waals surface area contributed by atoms with Gasteiger partial charge < -0.3 is 14.7 Å². The maximum absolute atomic E-state index is 9.77. The van der Waals surface area contributed by atoms with Crippen molar-refractivity contribution in [3.05, 3.63) is 53.2 Å². The topological polar surface area (TPSA) is 58.0 Å². The Morgan fingerprint density at radius 2 is 2.04 bits per heavy atom. The van der Waals surface area contributed by atoms with Crippen molar-refractivity contribution < 1.29 is 9.84 Å². The molecule has 1 atom stereocenters. The summed E-state index contributed by atoms with van der Waals surface area (Å²) in [6.45, 7) is 2.22. The summed E-state index contributed by atoms with van der Waals surface area (Å²) in [5.74, 6) is 1.85. The predicted molar refractivity (Wildman–Crippen MR) is 96.5 cm³/mol. The van der Waals surface area contributed by atoms with Gasteiger partial charge in [0.25, 0.3) is 0 Å². The van der Waals surface area contributed by atoms with E-state index >= 15 is 0 Å². The highest BCUT2D eigenvalue weighted by Crippen LogP contribution is 2.32. The van der Waals surface area contributed by atoms with Gasteiger partial charge in [0.05, 0.1) is 24.5 Å². The van der Waals surface area contributed by atoms with Crippen LogP contribution in [0.4, 0.5) is 5.82 Å². The minimum Gasteiger partial charge on any atom is -0.490 e. The summed E-state index contributed by atoms with van der Waals surface area (Å²) in [7, 11) is 0. The monoisotopic (exact) mass is 335 g/mol. The van der Waals surface area contributed by atoms with E-state index in [1.807, 2.05) is 12.3 Å². The molecular weight excluding hydrogens is 314 g/mol. The maximum atomic E-state index is 9.77. The summed E-state index contributed by atoms with van der Waals surface area (Å²) in [6.07, 6.45) is 5.10. The Bertz CT molecular complexity index is 845. The zero-order valence-electron chi connectivity index (χ0n) is 14.1. The zero-order valence-corrected chi connectivity index (χ0v) is 14.1. The fourth-order valence-corrected chi connectivity index (χ4v) is 3.55. The molecule has 1 saturated carbocycles. The van der Waals surface area contributed by atoms with Crippen molar-refractivity contribution in [1.29, 1.82) is 0 Å². The second-order valence-corrected chi connectivity index (χ2v) is 7.09. The van der Waals surface area contributed by atoms with Crippen molar-refractivity contribution in [3.8, 4) is 5.75 Å². The van der Waals surface area contributed by atoms with Crippen molar-refractivity contribution >= 4 is 11.5 Å². The molecule has 5 nitrogen and oxygen atoms in total. The molecule has 128 valence electrons. The van der Waals surface area contributed by atoms with Gasteiger partial charge in [0.15, 0.2) is 0 Å². The van der Waals surface area contributed by atoms with E-state index in [-0.39, 0.29) is 6.10 Å². The molecule has 0 radical (unpaired) electrons. The van der Waals surface area contributed by atoms with Crippen LogP contribution in [0.3, 0.4) is 0 Å². The largest absolute Gasteiger partial charge is 0.490 e. The van der Waals surface area contributed by atoms with Crippen molar-refractivity contribution in [2.75, 3.05) is 18.0 Å². The molecule has 0 bridgehead atoms. The lowest BCUT2D eigenvalue weighted by atomic mass is 10.0. The average Bonchev–Trinajstić information content (AvgIpc) is 3.17. The van der Waals surface area contributed by atoms with Gasteiger partial charge in [-0.15, -0.1) is 0 Å². The van der Waals surface area contributed by atoms with E-state index in [0.29, 0.717) is 19.2 Å². The first kappa shape index (κ1) is 14.9. The summed E-state index contributed by atoms with van der Waals surface area (Å²) in [6, 6.07) is 10.4. The fraction of sp³-hybridized carbons (Fsp3) is 0.400. The van der Waals surface area contributed by atoms with E-state index in [0.717, 1.165) is 54.2 Å². The number of nitrogens with zero attached hydrogens (tertiary/aromatic N) is 3. The summed E-state index contributed by atoms with van der Waals surface area (Å²) < 4.78 is 5.95. The number of hydrogen-bond acceptors (Lipinski definition) is 5. The van der Waals surface area contributed by atoms with Crippen LogP contribution >= 0.6 is 0 Å². The lowest BCUT2D eigenvalue weighted by molar-refractivity contribution is 0.198.